The topological polar surface area (TPSA) is 83.7 Å². The average molecular weight is 348 g/mol. The van der Waals surface area contributed by atoms with Crippen LogP contribution in [0.3, 0.4) is 0 Å². The molecule has 1 heterocycles. The Morgan fingerprint density at radius 1 is 1.18 bits per heavy atom. The summed E-state index contributed by atoms with van der Waals surface area (Å²) in [6.07, 6.45) is 0.585. The highest BCUT2D eigenvalue weighted by Crippen LogP contribution is 2.17. The SMILES string of the molecule is CC[C@H](N)C(=O)N1CCN(S(=O)(=O)c2ccccc2)CC1.Cl. The Hall–Kier alpha value is -1.15. The van der Waals surface area contributed by atoms with Crippen molar-refractivity contribution in [2.45, 2.75) is 24.3 Å². The van der Waals surface area contributed by atoms with E-state index >= 15 is 0 Å². The molecular formula is C14H22ClN3O3S. The quantitative estimate of drug-likeness (QED) is 0.868. The molecule has 124 valence electrons. The first-order valence-corrected chi connectivity index (χ1v) is 8.50. The number of hydrogen-bond donors (Lipinski definition) is 1. The molecule has 0 spiro atoms. The van der Waals surface area contributed by atoms with Gasteiger partial charge in [0.2, 0.25) is 15.9 Å². The van der Waals surface area contributed by atoms with Gasteiger partial charge in [-0.2, -0.15) is 4.31 Å². The summed E-state index contributed by atoms with van der Waals surface area (Å²) < 4.78 is 26.3. The largest absolute Gasteiger partial charge is 0.339 e. The maximum atomic E-state index is 12.5. The van der Waals surface area contributed by atoms with Crippen LogP contribution in [0.25, 0.3) is 0 Å². The first kappa shape index (κ1) is 18.9. The Kier molecular flexibility index (Phi) is 6.80. The van der Waals surface area contributed by atoms with Crippen LogP contribution in [0.4, 0.5) is 0 Å². The van der Waals surface area contributed by atoms with Gasteiger partial charge in [0, 0.05) is 26.2 Å². The number of halogens is 1. The molecule has 0 aliphatic carbocycles. The standard InChI is InChI=1S/C14H21N3O3S.ClH/c1-2-13(15)14(18)16-8-10-17(11-9-16)21(19,20)12-6-4-3-5-7-12;/h3-7,13H,2,8-11,15H2,1H3;1H/t13-;/m0./s1. The first-order valence-electron chi connectivity index (χ1n) is 7.06. The third-order valence-electron chi connectivity index (χ3n) is 3.69. The number of nitrogens with zero attached hydrogens (tertiary/aromatic N) is 2. The van der Waals surface area contributed by atoms with E-state index in [1.54, 1.807) is 35.2 Å². The molecular weight excluding hydrogens is 326 g/mol. The Bertz CT molecular complexity index is 587. The molecule has 1 aliphatic heterocycles. The van der Waals surface area contributed by atoms with E-state index in [2.05, 4.69) is 0 Å². The zero-order valence-corrected chi connectivity index (χ0v) is 14.1. The highest BCUT2D eigenvalue weighted by Gasteiger charge is 2.31. The van der Waals surface area contributed by atoms with Gasteiger partial charge in [0.05, 0.1) is 10.9 Å². The van der Waals surface area contributed by atoms with Crippen molar-refractivity contribution in [1.29, 1.82) is 0 Å². The molecule has 0 bridgehead atoms. The Labute approximate surface area is 137 Å². The molecule has 22 heavy (non-hydrogen) atoms. The zero-order chi connectivity index (χ0) is 15.5. The third kappa shape index (κ3) is 3.98. The molecule has 0 unspecified atom stereocenters. The van der Waals surface area contributed by atoms with Crippen LogP contribution in [0.2, 0.25) is 0 Å². The second kappa shape index (κ2) is 7.92. The molecule has 8 heteroatoms. The van der Waals surface area contributed by atoms with Crippen molar-refractivity contribution < 1.29 is 13.2 Å². The fraction of sp³-hybridized carbons (Fsp3) is 0.500. The molecule has 0 radical (unpaired) electrons. The fourth-order valence-corrected chi connectivity index (χ4v) is 3.74. The van der Waals surface area contributed by atoms with Gasteiger partial charge in [0.15, 0.2) is 0 Å². The average Bonchev–Trinajstić information content (AvgIpc) is 2.54. The van der Waals surface area contributed by atoms with Crippen LogP contribution in [0, 0.1) is 0 Å². The Morgan fingerprint density at radius 3 is 2.23 bits per heavy atom. The zero-order valence-electron chi connectivity index (χ0n) is 12.5. The van der Waals surface area contributed by atoms with Crippen LogP contribution in [0.15, 0.2) is 35.2 Å². The molecule has 1 aromatic rings. The lowest BCUT2D eigenvalue weighted by atomic mass is 10.2. The van der Waals surface area contributed by atoms with Crippen molar-refractivity contribution in [2.24, 2.45) is 5.73 Å². The smallest absolute Gasteiger partial charge is 0.243 e. The number of sulfonamides is 1. The van der Waals surface area contributed by atoms with Gasteiger partial charge in [-0.1, -0.05) is 25.1 Å². The fourth-order valence-electron chi connectivity index (χ4n) is 2.30. The van der Waals surface area contributed by atoms with Crippen molar-refractivity contribution in [2.75, 3.05) is 26.2 Å². The van der Waals surface area contributed by atoms with Crippen molar-refractivity contribution >= 4 is 28.3 Å². The summed E-state index contributed by atoms with van der Waals surface area (Å²) in [5.74, 6) is -0.103. The minimum atomic E-state index is -3.47. The summed E-state index contributed by atoms with van der Waals surface area (Å²) >= 11 is 0. The minimum Gasteiger partial charge on any atom is -0.339 e. The van der Waals surface area contributed by atoms with Crippen LogP contribution in [-0.2, 0) is 14.8 Å². The lowest BCUT2D eigenvalue weighted by Crippen LogP contribution is -2.54. The molecule has 0 aromatic heterocycles. The Balaban J connectivity index is 0.00000242. The van der Waals surface area contributed by atoms with Crippen LogP contribution < -0.4 is 5.73 Å². The summed E-state index contributed by atoms with van der Waals surface area (Å²) in [5, 5.41) is 0. The second-order valence-corrected chi connectivity index (χ2v) is 7.00. The van der Waals surface area contributed by atoms with Gasteiger partial charge in [-0.15, -0.1) is 12.4 Å². The molecule has 1 atom stereocenters. The monoisotopic (exact) mass is 347 g/mol. The summed E-state index contributed by atoms with van der Waals surface area (Å²) in [6, 6.07) is 7.85. The van der Waals surface area contributed by atoms with E-state index in [-0.39, 0.29) is 23.2 Å². The van der Waals surface area contributed by atoms with Gasteiger partial charge < -0.3 is 10.6 Å². The number of hydrogen-bond acceptors (Lipinski definition) is 4. The van der Waals surface area contributed by atoms with Crippen LogP contribution >= 0.6 is 12.4 Å². The van der Waals surface area contributed by atoms with Gasteiger partial charge in [-0.05, 0) is 18.6 Å². The van der Waals surface area contributed by atoms with Gasteiger partial charge in [0.1, 0.15) is 0 Å². The summed E-state index contributed by atoms with van der Waals surface area (Å²) in [6.45, 7) is 3.24. The molecule has 1 aliphatic rings. The second-order valence-electron chi connectivity index (χ2n) is 5.06. The van der Waals surface area contributed by atoms with Crippen molar-refractivity contribution in [1.82, 2.24) is 9.21 Å². The van der Waals surface area contributed by atoms with E-state index in [4.69, 9.17) is 5.73 Å². The number of benzene rings is 1. The lowest BCUT2D eigenvalue weighted by molar-refractivity contribution is -0.133. The molecule has 2 N–H and O–H groups in total. The number of carbonyl (C=O) groups is 1. The van der Waals surface area contributed by atoms with Crippen molar-refractivity contribution in [3.63, 3.8) is 0 Å². The minimum absolute atomic E-state index is 0. The van der Waals surface area contributed by atoms with E-state index in [1.165, 1.54) is 4.31 Å². The predicted octanol–water partition coefficient (Wildman–Crippen LogP) is 0.679. The van der Waals surface area contributed by atoms with Crippen molar-refractivity contribution in [3.8, 4) is 0 Å². The molecule has 6 nitrogen and oxygen atoms in total. The number of carbonyl (C=O) groups excluding carboxylic acids is 1. The normalized spacial score (nSPS) is 17.6. The maximum Gasteiger partial charge on any atom is 0.243 e. The number of piperazine rings is 1. The molecule has 1 saturated heterocycles. The van der Waals surface area contributed by atoms with E-state index in [1.807, 2.05) is 6.92 Å². The number of rotatable bonds is 4. The molecule has 1 fully saturated rings. The summed E-state index contributed by atoms with van der Waals surface area (Å²) in [7, 11) is -3.47. The number of nitrogens with two attached hydrogens (primary N) is 1. The molecule has 0 saturated carbocycles. The Morgan fingerprint density at radius 2 is 1.73 bits per heavy atom. The van der Waals surface area contributed by atoms with E-state index in [0.717, 1.165) is 0 Å². The highest BCUT2D eigenvalue weighted by molar-refractivity contribution is 7.89. The van der Waals surface area contributed by atoms with Crippen LogP contribution in [-0.4, -0.2) is 55.8 Å². The maximum absolute atomic E-state index is 12.5. The van der Waals surface area contributed by atoms with Crippen LogP contribution in [0.5, 0.6) is 0 Å². The lowest BCUT2D eigenvalue weighted by Gasteiger charge is -2.35. The van der Waals surface area contributed by atoms with E-state index in [0.29, 0.717) is 32.6 Å². The van der Waals surface area contributed by atoms with Gasteiger partial charge in [-0.3, -0.25) is 4.79 Å². The number of amides is 1. The predicted molar refractivity (Wildman–Crippen MR) is 87.3 cm³/mol. The molecule has 1 amide bonds. The molecule has 2 rings (SSSR count). The first-order chi connectivity index (χ1) is 9.96. The van der Waals surface area contributed by atoms with E-state index < -0.39 is 16.1 Å². The van der Waals surface area contributed by atoms with Gasteiger partial charge >= 0.3 is 0 Å². The molecule has 1 aromatic carbocycles. The third-order valence-corrected chi connectivity index (χ3v) is 5.60. The van der Waals surface area contributed by atoms with Gasteiger partial charge in [-0.25, -0.2) is 8.42 Å². The summed E-state index contributed by atoms with van der Waals surface area (Å²) in [5.41, 5.74) is 5.74. The van der Waals surface area contributed by atoms with Gasteiger partial charge in [0.25, 0.3) is 0 Å². The highest BCUT2D eigenvalue weighted by atomic mass is 35.5. The van der Waals surface area contributed by atoms with Crippen LogP contribution in [0.1, 0.15) is 13.3 Å². The summed E-state index contributed by atoms with van der Waals surface area (Å²) in [4.78, 5) is 13.9. The van der Waals surface area contributed by atoms with Crippen molar-refractivity contribution in [3.05, 3.63) is 30.3 Å². The van der Waals surface area contributed by atoms with E-state index in [9.17, 15) is 13.2 Å².